The molecule has 0 saturated carbocycles. The molecule has 2 fully saturated rings. The van der Waals surface area contributed by atoms with Crippen LogP contribution in [-0.4, -0.2) is 55.1 Å². The number of nitrogens with one attached hydrogen (secondary N) is 1. The lowest BCUT2D eigenvalue weighted by Crippen LogP contribution is -2.51. The van der Waals surface area contributed by atoms with Gasteiger partial charge < -0.3 is 15.1 Å². The number of hydrogen-bond acceptors (Lipinski definition) is 2. The van der Waals surface area contributed by atoms with Crippen LogP contribution in [0.15, 0.2) is 30.3 Å². The molecule has 2 aliphatic heterocycles. The summed E-state index contributed by atoms with van der Waals surface area (Å²) in [5.41, 5.74) is 1.36. The minimum Gasteiger partial charge on any atom is -0.324 e. The van der Waals surface area contributed by atoms with E-state index < -0.39 is 0 Å². The van der Waals surface area contributed by atoms with Crippen molar-refractivity contribution in [1.29, 1.82) is 0 Å². The molecule has 0 radical (unpaired) electrons. The molecule has 2 heterocycles. The quantitative estimate of drug-likeness (QED) is 0.829. The van der Waals surface area contributed by atoms with E-state index in [1.807, 2.05) is 15.9 Å². The predicted molar refractivity (Wildman–Crippen MR) is 75.2 cm³/mol. The zero-order valence-electron chi connectivity index (χ0n) is 11.2. The van der Waals surface area contributed by atoms with Gasteiger partial charge >= 0.3 is 6.03 Å². The number of hydrogen-bond donors (Lipinski definition) is 1. The highest BCUT2D eigenvalue weighted by Gasteiger charge is 2.30. The van der Waals surface area contributed by atoms with Crippen LogP contribution in [0.5, 0.6) is 0 Å². The number of amides is 2. The lowest BCUT2D eigenvalue weighted by Gasteiger charge is -2.31. The lowest BCUT2D eigenvalue weighted by atomic mass is 9.99. The second-order valence-corrected chi connectivity index (χ2v) is 5.36. The fourth-order valence-corrected chi connectivity index (χ4v) is 2.99. The average molecular weight is 259 g/mol. The van der Waals surface area contributed by atoms with Crippen molar-refractivity contribution in [2.24, 2.45) is 0 Å². The van der Waals surface area contributed by atoms with E-state index in [1.165, 1.54) is 5.56 Å². The summed E-state index contributed by atoms with van der Waals surface area (Å²) in [4.78, 5) is 16.4. The molecule has 19 heavy (non-hydrogen) atoms. The van der Waals surface area contributed by atoms with Gasteiger partial charge in [-0.05, 0) is 12.0 Å². The Morgan fingerprint density at radius 3 is 2.53 bits per heavy atom. The number of benzene rings is 1. The summed E-state index contributed by atoms with van der Waals surface area (Å²) in [6.07, 6.45) is 1.09. The summed E-state index contributed by atoms with van der Waals surface area (Å²) in [6, 6.07) is 10.8. The Labute approximate surface area is 114 Å². The second-order valence-electron chi connectivity index (χ2n) is 5.36. The van der Waals surface area contributed by atoms with Crippen LogP contribution in [0.25, 0.3) is 0 Å². The molecule has 3 rings (SSSR count). The molecule has 1 N–H and O–H groups in total. The smallest absolute Gasteiger partial charge is 0.320 e. The van der Waals surface area contributed by atoms with E-state index in [-0.39, 0.29) is 6.03 Å². The molecule has 0 aromatic heterocycles. The number of carbonyl (C=O) groups is 1. The third kappa shape index (κ3) is 2.73. The first-order chi connectivity index (χ1) is 9.34. The molecule has 4 nitrogen and oxygen atoms in total. The van der Waals surface area contributed by atoms with Crippen LogP contribution in [0.2, 0.25) is 0 Å². The lowest BCUT2D eigenvalue weighted by molar-refractivity contribution is 0.155. The van der Waals surface area contributed by atoms with Gasteiger partial charge in [-0.15, -0.1) is 0 Å². The van der Waals surface area contributed by atoms with E-state index in [1.54, 1.807) is 0 Å². The summed E-state index contributed by atoms with van der Waals surface area (Å²) in [7, 11) is 0. The molecular formula is C15H21N3O. The maximum atomic E-state index is 12.4. The van der Waals surface area contributed by atoms with E-state index in [4.69, 9.17) is 0 Å². The summed E-state index contributed by atoms with van der Waals surface area (Å²) < 4.78 is 0. The standard InChI is InChI=1S/C15H21N3O/c19-15(17-10-7-16-8-11-17)18-9-6-14(12-18)13-4-2-1-3-5-13/h1-5,14,16H,6-12H2. The zero-order chi connectivity index (χ0) is 13.1. The molecule has 2 saturated heterocycles. The maximum Gasteiger partial charge on any atom is 0.320 e. The first kappa shape index (κ1) is 12.5. The van der Waals surface area contributed by atoms with Crippen LogP contribution in [0.1, 0.15) is 17.9 Å². The monoisotopic (exact) mass is 259 g/mol. The molecule has 1 aromatic carbocycles. The molecule has 0 spiro atoms. The minimum atomic E-state index is 0.222. The zero-order valence-corrected chi connectivity index (χ0v) is 11.2. The van der Waals surface area contributed by atoms with E-state index in [0.29, 0.717) is 5.92 Å². The Hall–Kier alpha value is -1.55. The Bertz CT molecular complexity index is 428. The fourth-order valence-electron chi connectivity index (χ4n) is 2.99. The van der Waals surface area contributed by atoms with Crippen molar-refractivity contribution in [2.75, 3.05) is 39.3 Å². The highest BCUT2D eigenvalue weighted by Crippen LogP contribution is 2.27. The predicted octanol–water partition coefficient (Wildman–Crippen LogP) is 1.50. The van der Waals surface area contributed by atoms with Gasteiger partial charge in [0.25, 0.3) is 0 Å². The molecule has 1 unspecified atom stereocenters. The fraction of sp³-hybridized carbons (Fsp3) is 0.533. The second kappa shape index (κ2) is 5.61. The van der Waals surface area contributed by atoms with Crippen LogP contribution >= 0.6 is 0 Å². The van der Waals surface area contributed by atoms with Crippen LogP contribution in [0.4, 0.5) is 4.79 Å². The molecule has 2 aliphatic rings. The number of piperazine rings is 1. The van der Waals surface area contributed by atoms with Gasteiger partial charge in [0.1, 0.15) is 0 Å². The van der Waals surface area contributed by atoms with Gasteiger partial charge in [-0.2, -0.15) is 0 Å². The van der Waals surface area contributed by atoms with E-state index in [2.05, 4.69) is 29.6 Å². The number of carbonyl (C=O) groups excluding carboxylic acids is 1. The normalized spacial score (nSPS) is 23.7. The summed E-state index contributed by atoms with van der Waals surface area (Å²) in [5.74, 6) is 0.507. The number of rotatable bonds is 1. The molecule has 1 atom stereocenters. The van der Waals surface area contributed by atoms with Crippen molar-refractivity contribution in [1.82, 2.24) is 15.1 Å². The first-order valence-electron chi connectivity index (χ1n) is 7.14. The van der Waals surface area contributed by atoms with Gasteiger partial charge in [0, 0.05) is 45.2 Å². The number of nitrogens with zero attached hydrogens (tertiary/aromatic N) is 2. The van der Waals surface area contributed by atoms with Gasteiger partial charge in [0.15, 0.2) is 0 Å². The van der Waals surface area contributed by atoms with Crippen LogP contribution in [-0.2, 0) is 0 Å². The van der Waals surface area contributed by atoms with Crippen molar-refractivity contribution in [3.05, 3.63) is 35.9 Å². The van der Waals surface area contributed by atoms with Crippen LogP contribution < -0.4 is 5.32 Å². The molecule has 0 aliphatic carbocycles. The Balaban J connectivity index is 1.61. The highest BCUT2D eigenvalue weighted by atomic mass is 16.2. The number of urea groups is 1. The van der Waals surface area contributed by atoms with Gasteiger partial charge in [-0.1, -0.05) is 30.3 Å². The highest BCUT2D eigenvalue weighted by molar-refractivity contribution is 5.75. The maximum absolute atomic E-state index is 12.4. The van der Waals surface area contributed by atoms with Crippen molar-refractivity contribution in [2.45, 2.75) is 12.3 Å². The van der Waals surface area contributed by atoms with Crippen molar-refractivity contribution in [3.63, 3.8) is 0 Å². The molecule has 102 valence electrons. The summed E-state index contributed by atoms with van der Waals surface area (Å²) in [5, 5.41) is 3.28. The van der Waals surface area contributed by atoms with Crippen molar-refractivity contribution >= 4 is 6.03 Å². The Kier molecular flexibility index (Phi) is 3.69. The van der Waals surface area contributed by atoms with Gasteiger partial charge in [-0.25, -0.2) is 4.79 Å². The minimum absolute atomic E-state index is 0.222. The number of likely N-dealkylation sites (tertiary alicyclic amines) is 1. The van der Waals surface area contributed by atoms with Crippen LogP contribution in [0.3, 0.4) is 0 Å². The van der Waals surface area contributed by atoms with Gasteiger partial charge in [-0.3, -0.25) is 0 Å². The summed E-state index contributed by atoms with van der Waals surface area (Å²) in [6.45, 7) is 5.27. The molecule has 4 heteroatoms. The Morgan fingerprint density at radius 1 is 1.05 bits per heavy atom. The largest absolute Gasteiger partial charge is 0.324 e. The molecule has 1 aromatic rings. The summed E-state index contributed by atoms with van der Waals surface area (Å²) >= 11 is 0. The van der Waals surface area contributed by atoms with Crippen molar-refractivity contribution < 1.29 is 4.79 Å². The van der Waals surface area contributed by atoms with Crippen LogP contribution in [0, 0.1) is 0 Å². The molecular weight excluding hydrogens is 238 g/mol. The third-order valence-electron chi connectivity index (χ3n) is 4.12. The van der Waals surface area contributed by atoms with E-state index in [9.17, 15) is 4.79 Å². The van der Waals surface area contributed by atoms with Gasteiger partial charge in [0.05, 0.1) is 0 Å². The van der Waals surface area contributed by atoms with Crippen molar-refractivity contribution in [3.8, 4) is 0 Å². The van der Waals surface area contributed by atoms with E-state index >= 15 is 0 Å². The molecule has 0 bridgehead atoms. The van der Waals surface area contributed by atoms with E-state index in [0.717, 1.165) is 45.7 Å². The third-order valence-corrected chi connectivity index (χ3v) is 4.12. The average Bonchev–Trinajstić information content (AvgIpc) is 2.98. The SMILES string of the molecule is O=C(N1CCNCC1)N1CCC(c2ccccc2)C1. The first-order valence-corrected chi connectivity index (χ1v) is 7.14. The molecule has 2 amide bonds. The van der Waals surface area contributed by atoms with Gasteiger partial charge in [0.2, 0.25) is 0 Å². The Morgan fingerprint density at radius 2 is 1.79 bits per heavy atom. The topological polar surface area (TPSA) is 35.6 Å².